The Balaban J connectivity index is 2.22. The molecule has 0 saturated heterocycles. The summed E-state index contributed by atoms with van der Waals surface area (Å²) in [6, 6.07) is 14.8. The molecule has 2 aromatic carbocycles. The van der Waals surface area contributed by atoms with Gasteiger partial charge in [0.2, 0.25) is 15.0 Å². The largest absolute Gasteiger partial charge is 0.416 e. The maximum absolute atomic E-state index is 13.0. The third-order valence-electron chi connectivity index (χ3n) is 3.59. The average molecular weight is 378 g/mol. The van der Waals surface area contributed by atoms with Crippen LogP contribution in [0.3, 0.4) is 0 Å². The van der Waals surface area contributed by atoms with Crippen molar-refractivity contribution in [2.24, 2.45) is 0 Å². The summed E-state index contributed by atoms with van der Waals surface area (Å²) in [6.45, 7) is 0. The number of nitrogens with zero attached hydrogens (tertiary/aromatic N) is 2. The van der Waals surface area contributed by atoms with E-state index in [-0.39, 0.29) is 11.3 Å². The zero-order chi connectivity index (χ0) is 18.9. The molecular formula is C18H13F3N2O2S. The van der Waals surface area contributed by atoms with Gasteiger partial charge in [0.1, 0.15) is 0 Å². The van der Waals surface area contributed by atoms with Gasteiger partial charge < -0.3 is 0 Å². The molecule has 0 fully saturated rings. The zero-order valence-corrected chi connectivity index (χ0v) is 14.3. The van der Waals surface area contributed by atoms with Crippen molar-refractivity contribution in [1.29, 1.82) is 0 Å². The minimum absolute atomic E-state index is 0.102. The summed E-state index contributed by atoms with van der Waals surface area (Å²) in [4.78, 5) is 8.01. The Labute approximate surface area is 148 Å². The van der Waals surface area contributed by atoms with Crippen LogP contribution in [0.5, 0.6) is 0 Å². The van der Waals surface area contributed by atoms with Gasteiger partial charge in [0.05, 0.1) is 17.0 Å². The van der Waals surface area contributed by atoms with Gasteiger partial charge in [-0.25, -0.2) is 18.4 Å². The van der Waals surface area contributed by atoms with Gasteiger partial charge in [-0.15, -0.1) is 0 Å². The molecule has 3 aromatic rings. The molecule has 0 N–H and O–H groups in total. The van der Waals surface area contributed by atoms with Gasteiger partial charge in [-0.2, -0.15) is 13.2 Å². The highest BCUT2D eigenvalue weighted by Crippen LogP contribution is 2.32. The molecule has 1 heterocycles. The fourth-order valence-electron chi connectivity index (χ4n) is 2.35. The van der Waals surface area contributed by atoms with Gasteiger partial charge in [-0.1, -0.05) is 42.5 Å². The Morgan fingerprint density at radius 3 is 1.96 bits per heavy atom. The fraction of sp³-hybridized carbons (Fsp3) is 0.111. The Hall–Kier alpha value is -2.74. The monoisotopic (exact) mass is 378 g/mol. The third kappa shape index (κ3) is 3.91. The van der Waals surface area contributed by atoms with Crippen molar-refractivity contribution in [1.82, 2.24) is 9.97 Å². The van der Waals surface area contributed by atoms with Crippen molar-refractivity contribution in [3.63, 3.8) is 0 Å². The summed E-state index contributed by atoms with van der Waals surface area (Å²) in [5.74, 6) is 0. The molecule has 3 rings (SSSR count). The molecule has 0 radical (unpaired) electrons. The molecule has 0 aliphatic rings. The number of aromatic nitrogens is 2. The number of hydrogen-bond acceptors (Lipinski definition) is 4. The normalized spacial score (nSPS) is 12.2. The smallest absolute Gasteiger partial charge is 0.221 e. The van der Waals surface area contributed by atoms with Crippen molar-refractivity contribution < 1.29 is 21.6 Å². The highest BCUT2D eigenvalue weighted by molar-refractivity contribution is 7.90. The van der Waals surface area contributed by atoms with E-state index in [0.717, 1.165) is 18.4 Å². The molecule has 1 aromatic heterocycles. The molecule has 0 aliphatic heterocycles. The molecule has 0 atom stereocenters. The van der Waals surface area contributed by atoms with Crippen LogP contribution in [0.2, 0.25) is 0 Å². The van der Waals surface area contributed by atoms with E-state index in [9.17, 15) is 21.6 Å². The molecule has 0 bridgehead atoms. The van der Waals surface area contributed by atoms with E-state index in [0.29, 0.717) is 11.3 Å². The first kappa shape index (κ1) is 18.1. The highest BCUT2D eigenvalue weighted by Gasteiger charge is 2.30. The van der Waals surface area contributed by atoms with Gasteiger partial charge in [-0.3, -0.25) is 0 Å². The summed E-state index contributed by atoms with van der Waals surface area (Å²) in [7, 11) is -3.75. The molecule has 0 saturated carbocycles. The van der Waals surface area contributed by atoms with Crippen LogP contribution in [0.4, 0.5) is 13.2 Å². The third-order valence-corrected chi connectivity index (χ3v) is 4.44. The van der Waals surface area contributed by atoms with Crippen LogP contribution in [-0.2, 0) is 16.0 Å². The van der Waals surface area contributed by atoms with E-state index < -0.39 is 26.7 Å². The van der Waals surface area contributed by atoms with Crippen molar-refractivity contribution in [3.05, 3.63) is 66.2 Å². The van der Waals surface area contributed by atoms with Crippen LogP contribution in [0.1, 0.15) is 5.56 Å². The average Bonchev–Trinajstić information content (AvgIpc) is 2.61. The summed E-state index contributed by atoms with van der Waals surface area (Å²) in [5, 5.41) is -0.439. The highest BCUT2D eigenvalue weighted by atomic mass is 32.2. The maximum atomic E-state index is 13.0. The number of benzene rings is 2. The Bertz CT molecular complexity index is 1050. The van der Waals surface area contributed by atoms with Crippen molar-refractivity contribution >= 4 is 9.84 Å². The van der Waals surface area contributed by atoms with E-state index in [1.807, 2.05) is 0 Å². The van der Waals surface area contributed by atoms with Crippen LogP contribution >= 0.6 is 0 Å². The van der Waals surface area contributed by atoms with E-state index in [1.54, 1.807) is 30.3 Å². The van der Waals surface area contributed by atoms with Gasteiger partial charge in [0.25, 0.3) is 0 Å². The van der Waals surface area contributed by atoms with Crippen molar-refractivity contribution in [2.45, 2.75) is 11.3 Å². The first-order valence-corrected chi connectivity index (χ1v) is 9.36. The lowest BCUT2D eigenvalue weighted by molar-refractivity contribution is -0.137. The van der Waals surface area contributed by atoms with Crippen LogP contribution in [0.25, 0.3) is 22.5 Å². The lowest BCUT2D eigenvalue weighted by Crippen LogP contribution is -2.07. The van der Waals surface area contributed by atoms with E-state index in [2.05, 4.69) is 9.97 Å². The molecule has 0 spiro atoms. The number of rotatable bonds is 3. The minimum Gasteiger partial charge on any atom is -0.221 e. The van der Waals surface area contributed by atoms with Gasteiger partial charge in [0, 0.05) is 17.4 Å². The Morgan fingerprint density at radius 1 is 0.808 bits per heavy atom. The quantitative estimate of drug-likeness (QED) is 0.640. The number of alkyl halides is 3. The molecule has 134 valence electrons. The summed E-state index contributed by atoms with van der Waals surface area (Å²) >= 11 is 0. The number of sulfone groups is 1. The van der Waals surface area contributed by atoms with E-state index >= 15 is 0 Å². The molecule has 4 nitrogen and oxygen atoms in total. The lowest BCUT2D eigenvalue weighted by Gasteiger charge is -2.10. The minimum atomic E-state index is -4.51. The Morgan fingerprint density at radius 2 is 1.38 bits per heavy atom. The lowest BCUT2D eigenvalue weighted by atomic mass is 10.1. The van der Waals surface area contributed by atoms with E-state index in [1.165, 1.54) is 18.2 Å². The van der Waals surface area contributed by atoms with Gasteiger partial charge in [-0.05, 0) is 18.2 Å². The molecule has 0 unspecified atom stereocenters. The van der Waals surface area contributed by atoms with Crippen LogP contribution in [-0.4, -0.2) is 24.6 Å². The first-order chi connectivity index (χ1) is 12.1. The standard InChI is InChI=1S/C18H13F3N2O2S/c1-26(24,25)17-22-15(12-6-3-2-4-7-12)11-16(23-17)13-8-5-9-14(10-13)18(19,20)21/h2-11H,1H3. The summed E-state index contributed by atoms with van der Waals surface area (Å²) in [6.07, 6.45) is -3.56. The number of hydrogen-bond donors (Lipinski definition) is 0. The maximum Gasteiger partial charge on any atom is 0.416 e. The topological polar surface area (TPSA) is 59.9 Å². The second-order valence-corrected chi connectivity index (χ2v) is 7.55. The van der Waals surface area contributed by atoms with Gasteiger partial charge >= 0.3 is 6.18 Å². The first-order valence-electron chi connectivity index (χ1n) is 7.47. The molecule has 26 heavy (non-hydrogen) atoms. The summed E-state index contributed by atoms with van der Waals surface area (Å²) in [5.41, 5.74) is 0.368. The van der Waals surface area contributed by atoms with Crippen molar-refractivity contribution in [2.75, 3.05) is 6.26 Å². The van der Waals surface area contributed by atoms with E-state index in [4.69, 9.17) is 0 Å². The molecule has 0 amide bonds. The second kappa shape index (κ2) is 6.53. The Kier molecular flexibility index (Phi) is 4.53. The van der Waals surface area contributed by atoms with Crippen LogP contribution in [0.15, 0.2) is 65.8 Å². The van der Waals surface area contributed by atoms with Crippen LogP contribution < -0.4 is 0 Å². The number of halogens is 3. The molecule has 0 aliphatic carbocycles. The van der Waals surface area contributed by atoms with Crippen molar-refractivity contribution in [3.8, 4) is 22.5 Å². The second-order valence-electron chi connectivity index (χ2n) is 5.64. The summed E-state index contributed by atoms with van der Waals surface area (Å²) < 4.78 is 62.7. The molecular weight excluding hydrogens is 365 g/mol. The van der Waals surface area contributed by atoms with Gasteiger partial charge in [0.15, 0.2) is 0 Å². The zero-order valence-electron chi connectivity index (χ0n) is 13.5. The predicted octanol–water partition coefficient (Wildman–Crippen LogP) is 4.23. The predicted molar refractivity (Wildman–Crippen MR) is 91.0 cm³/mol. The van der Waals surface area contributed by atoms with Crippen LogP contribution in [0, 0.1) is 0 Å². The fourth-order valence-corrected chi connectivity index (χ4v) is 2.88. The molecule has 8 heteroatoms. The SMILES string of the molecule is CS(=O)(=O)c1nc(-c2ccccc2)cc(-c2cccc(C(F)(F)F)c2)n1.